The van der Waals surface area contributed by atoms with Crippen molar-refractivity contribution >= 4 is 5.97 Å². The van der Waals surface area contributed by atoms with Crippen LogP contribution < -0.4 is 0 Å². The van der Waals surface area contributed by atoms with Crippen LogP contribution in [0.3, 0.4) is 0 Å². The SMILES string of the molecule is CCc1ncc2n1CCC(C(=O)O)C2. The number of fused-ring (bicyclic) bond motifs is 1. The zero-order chi connectivity index (χ0) is 10.1. The van der Waals surface area contributed by atoms with Crippen LogP contribution in [0.2, 0.25) is 0 Å². The normalized spacial score (nSPS) is 20.5. The molecule has 0 saturated carbocycles. The summed E-state index contributed by atoms with van der Waals surface area (Å²) in [5, 5.41) is 8.90. The number of carboxylic acid groups (broad SMARTS) is 1. The standard InChI is InChI=1S/C10H14N2O2/c1-2-9-11-6-8-5-7(10(13)14)3-4-12(8)9/h6-7H,2-5H2,1H3,(H,13,14). The fourth-order valence-electron chi connectivity index (χ4n) is 2.02. The van der Waals surface area contributed by atoms with Crippen LogP contribution >= 0.6 is 0 Å². The lowest BCUT2D eigenvalue weighted by molar-refractivity contribution is -0.142. The highest BCUT2D eigenvalue weighted by Gasteiger charge is 2.25. The fourth-order valence-corrected chi connectivity index (χ4v) is 2.02. The van der Waals surface area contributed by atoms with Gasteiger partial charge in [-0.1, -0.05) is 6.92 Å². The van der Waals surface area contributed by atoms with Crippen molar-refractivity contribution in [2.24, 2.45) is 5.92 Å². The molecule has 0 aromatic carbocycles. The van der Waals surface area contributed by atoms with Crippen molar-refractivity contribution in [3.8, 4) is 0 Å². The summed E-state index contributed by atoms with van der Waals surface area (Å²) in [6, 6.07) is 0. The number of carbonyl (C=O) groups is 1. The molecule has 1 aliphatic rings. The van der Waals surface area contributed by atoms with E-state index in [9.17, 15) is 4.79 Å². The average molecular weight is 194 g/mol. The number of imidazole rings is 1. The molecule has 0 aliphatic carbocycles. The van der Waals surface area contributed by atoms with E-state index in [0.29, 0.717) is 6.42 Å². The molecule has 1 aromatic heterocycles. The van der Waals surface area contributed by atoms with Crippen LogP contribution in [-0.4, -0.2) is 20.6 Å². The van der Waals surface area contributed by atoms with Crippen LogP contribution in [0, 0.1) is 5.92 Å². The molecule has 0 bridgehead atoms. The Morgan fingerprint density at radius 2 is 2.57 bits per heavy atom. The molecular weight excluding hydrogens is 180 g/mol. The highest BCUT2D eigenvalue weighted by Crippen LogP contribution is 2.22. The summed E-state index contributed by atoms with van der Waals surface area (Å²) in [5.74, 6) is 0.170. The first kappa shape index (κ1) is 9.24. The summed E-state index contributed by atoms with van der Waals surface area (Å²) < 4.78 is 2.15. The molecule has 0 radical (unpaired) electrons. The molecule has 0 amide bonds. The van der Waals surface area contributed by atoms with Gasteiger partial charge >= 0.3 is 5.97 Å². The molecule has 76 valence electrons. The maximum Gasteiger partial charge on any atom is 0.306 e. The Bertz CT molecular complexity index is 357. The van der Waals surface area contributed by atoms with Gasteiger partial charge in [-0.3, -0.25) is 4.79 Å². The minimum Gasteiger partial charge on any atom is -0.481 e. The van der Waals surface area contributed by atoms with Gasteiger partial charge in [-0.2, -0.15) is 0 Å². The van der Waals surface area contributed by atoms with E-state index in [0.717, 1.165) is 30.9 Å². The molecule has 2 heterocycles. The van der Waals surface area contributed by atoms with Crippen molar-refractivity contribution in [3.05, 3.63) is 17.7 Å². The molecule has 14 heavy (non-hydrogen) atoms. The van der Waals surface area contributed by atoms with Gasteiger partial charge in [0, 0.05) is 31.3 Å². The van der Waals surface area contributed by atoms with E-state index in [1.54, 1.807) is 0 Å². The van der Waals surface area contributed by atoms with Crippen molar-refractivity contribution in [3.63, 3.8) is 0 Å². The van der Waals surface area contributed by atoms with E-state index in [1.165, 1.54) is 0 Å². The van der Waals surface area contributed by atoms with Crippen LogP contribution in [-0.2, 0) is 24.2 Å². The second kappa shape index (κ2) is 3.44. The molecule has 2 rings (SSSR count). The highest BCUT2D eigenvalue weighted by atomic mass is 16.4. The van der Waals surface area contributed by atoms with Gasteiger partial charge in [0.25, 0.3) is 0 Å². The minimum absolute atomic E-state index is 0.219. The summed E-state index contributed by atoms with van der Waals surface area (Å²) in [7, 11) is 0. The number of nitrogens with zero attached hydrogens (tertiary/aromatic N) is 2. The third-order valence-electron chi connectivity index (χ3n) is 2.84. The van der Waals surface area contributed by atoms with Crippen molar-refractivity contribution in [1.82, 2.24) is 9.55 Å². The van der Waals surface area contributed by atoms with Crippen LogP contribution in [0.5, 0.6) is 0 Å². The Balaban J connectivity index is 2.24. The summed E-state index contributed by atoms with van der Waals surface area (Å²) in [5.41, 5.74) is 1.07. The molecule has 4 nitrogen and oxygen atoms in total. The van der Waals surface area contributed by atoms with Crippen molar-refractivity contribution < 1.29 is 9.90 Å². The molecule has 1 atom stereocenters. The lowest BCUT2D eigenvalue weighted by atomic mass is 9.96. The molecule has 1 aliphatic heterocycles. The van der Waals surface area contributed by atoms with Crippen molar-refractivity contribution in [2.75, 3.05) is 0 Å². The van der Waals surface area contributed by atoms with Gasteiger partial charge in [-0.05, 0) is 6.42 Å². The van der Waals surface area contributed by atoms with E-state index >= 15 is 0 Å². The first-order valence-electron chi connectivity index (χ1n) is 4.98. The minimum atomic E-state index is -0.685. The van der Waals surface area contributed by atoms with Gasteiger partial charge in [-0.25, -0.2) is 4.98 Å². The van der Waals surface area contributed by atoms with Gasteiger partial charge in [0.05, 0.1) is 5.92 Å². The van der Waals surface area contributed by atoms with Crippen LogP contribution in [0.25, 0.3) is 0 Å². The predicted molar refractivity (Wildman–Crippen MR) is 51.1 cm³/mol. The molecule has 1 aromatic rings. The smallest absolute Gasteiger partial charge is 0.306 e. The van der Waals surface area contributed by atoms with Crippen molar-refractivity contribution in [2.45, 2.75) is 32.7 Å². The number of aromatic nitrogens is 2. The monoisotopic (exact) mass is 194 g/mol. The molecule has 0 fully saturated rings. The zero-order valence-corrected chi connectivity index (χ0v) is 8.23. The Hall–Kier alpha value is -1.32. The Kier molecular flexibility index (Phi) is 2.27. The van der Waals surface area contributed by atoms with Crippen molar-refractivity contribution in [1.29, 1.82) is 0 Å². The number of hydrogen-bond donors (Lipinski definition) is 1. The summed E-state index contributed by atoms with van der Waals surface area (Å²) in [4.78, 5) is 15.1. The average Bonchev–Trinajstić information content (AvgIpc) is 2.59. The fraction of sp³-hybridized carbons (Fsp3) is 0.600. The lowest BCUT2D eigenvalue weighted by Crippen LogP contribution is -2.25. The molecule has 1 unspecified atom stereocenters. The van der Waals surface area contributed by atoms with Crippen LogP contribution in [0.1, 0.15) is 24.9 Å². The number of carboxylic acids is 1. The zero-order valence-electron chi connectivity index (χ0n) is 8.23. The maximum atomic E-state index is 10.8. The molecule has 0 spiro atoms. The predicted octanol–water partition coefficient (Wildman–Crippen LogP) is 1.09. The third kappa shape index (κ3) is 1.41. The number of hydrogen-bond acceptors (Lipinski definition) is 2. The second-order valence-corrected chi connectivity index (χ2v) is 3.70. The molecule has 0 saturated heterocycles. The number of rotatable bonds is 2. The third-order valence-corrected chi connectivity index (χ3v) is 2.84. The first-order chi connectivity index (χ1) is 6.72. The Morgan fingerprint density at radius 3 is 3.21 bits per heavy atom. The second-order valence-electron chi connectivity index (χ2n) is 3.70. The quantitative estimate of drug-likeness (QED) is 0.766. The van der Waals surface area contributed by atoms with Crippen LogP contribution in [0.15, 0.2) is 6.20 Å². The van der Waals surface area contributed by atoms with Gasteiger partial charge < -0.3 is 9.67 Å². The maximum absolute atomic E-state index is 10.8. The Morgan fingerprint density at radius 1 is 1.79 bits per heavy atom. The largest absolute Gasteiger partial charge is 0.481 e. The molecular formula is C10H14N2O2. The highest BCUT2D eigenvalue weighted by molar-refractivity contribution is 5.70. The van der Waals surface area contributed by atoms with E-state index in [4.69, 9.17) is 5.11 Å². The van der Waals surface area contributed by atoms with E-state index in [-0.39, 0.29) is 5.92 Å². The van der Waals surface area contributed by atoms with E-state index in [1.807, 2.05) is 6.20 Å². The van der Waals surface area contributed by atoms with Gasteiger partial charge in [0.2, 0.25) is 0 Å². The topological polar surface area (TPSA) is 55.1 Å². The summed E-state index contributed by atoms with van der Waals surface area (Å²) >= 11 is 0. The van der Waals surface area contributed by atoms with E-state index in [2.05, 4.69) is 16.5 Å². The first-order valence-corrected chi connectivity index (χ1v) is 4.98. The van der Waals surface area contributed by atoms with Gasteiger partial charge in [0.1, 0.15) is 5.82 Å². The molecule has 1 N–H and O–H groups in total. The summed E-state index contributed by atoms with van der Waals surface area (Å²) in [6.07, 6.45) is 4.08. The number of aliphatic carboxylic acids is 1. The lowest BCUT2D eigenvalue weighted by Gasteiger charge is -2.21. The van der Waals surface area contributed by atoms with E-state index < -0.39 is 5.97 Å². The Labute approximate surface area is 82.6 Å². The summed E-state index contributed by atoms with van der Waals surface area (Å²) in [6.45, 7) is 2.87. The van der Waals surface area contributed by atoms with Gasteiger partial charge in [-0.15, -0.1) is 0 Å². The number of aryl methyl sites for hydroxylation is 1. The molecule has 4 heteroatoms. The van der Waals surface area contributed by atoms with Crippen LogP contribution in [0.4, 0.5) is 0 Å². The van der Waals surface area contributed by atoms with Gasteiger partial charge in [0.15, 0.2) is 0 Å².